The smallest absolute Gasteiger partial charge is 0.410 e. The lowest BCUT2D eigenvalue weighted by atomic mass is 10.0. The Morgan fingerprint density at radius 3 is 2.28 bits per heavy atom. The second-order valence-electron chi connectivity index (χ2n) is 8.72. The molecular weight excluding hydrogens is 368 g/mol. The fourth-order valence-electron chi connectivity index (χ4n) is 3.93. The zero-order valence-corrected chi connectivity index (χ0v) is 17.6. The Bertz CT molecular complexity index is 780. The second kappa shape index (κ2) is 8.83. The predicted octanol–water partition coefficient (Wildman–Crippen LogP) is 2.72. The van der Waals surface area contributed by atoms with Crippen LogP contribution in [0.5, 0.6) is 0 Å². The highest BCUT2D eigenvalue weighted by Crippen LogP contribution is 2.21. The lowest BCUT2D eigenvalue weighted by molar-refractivity contribution is 0.00984. The molecule has 1 aromatic carbocycles. The van der Waals surface area contributed by atoms with E-state index in [0.29, 0.717) is 43.3 Å². The van der Waals surface area contributed by atoms with Gasteiger partial charge in [0.2, 0.25) is 0 Å². The standard InChI is InChI=1S/C22H30N4O3/c1-22(2,3)29-21(28)26-9-7-19(8-10-26)24-11-13-25(14-12-24)20(27)18-6-4-5-17(15-18)16-23/h4-6,15,19H,7-14H2,1-3H3. The van der Waals surface area contributed by atoms with Crippen molar-refractivity contribution in [3.63, 3.8) is 0 Å². The SMILES string of the molecule is CC(C)(C)OC(=O)N1CCC(N2CCN(C(=O)c3cccc(C#N)c3)CC2)CC1. The molecule has 29 heavy (non-hydrogen) atoms. The number of likely N-dealkylation sites (tertiary alicyclic amines) is 1. The molecule has 7 heteroatoms. The largest absolute Gasteiger partial charge is 0.444 e. The fourth-order valence-corrected chi connectivity index (χ4v) is 3.93. The molecule has 0 aliphatic carbocycles. The highest BCUT2D eigenvalue weighted by molar-refractivity contribution is 5.94. The molecule has 0 N–H and O–H groups in total. The van der Waals surface area contributed by atoms with Crippen molar-refractivity contribution in [1.29, 1.82) is 5.26 Å². The number of nitrogens with zero attached hydrogens (tertiary/aromatic N) is 4. The molecule has 7 nitrogen and oxygen atoms in total. The van der Waals surface area contributed by atoms with Gasteiger partial charge in [0.1, 0.15) is 5.60 Å². The van der Waals surface area contributed by atoms with Crippen LogP contribution < -0.4 is 0 Å². The zero-order chi connectivity index (χ0) is 21.0. The van der Waals surface area contributed by atoms with Gasteiger partial charge in [0.25, 0.3) is 5.91 Å². The van der Waals surface area contributed by atoms with E-state index in [1.807, 2.05) is 25.7 Å². The number of amides is 2. The van der Waals surface area contributed by atoms with E-state index >= 15 is 0 Å². The van der Waals surface area contributed by atoms with Gasteiger partial charge in [-0.15, -0.1) is 0 Å². The van der Waals surface area contributed by atoms with E-state index in [9.17, 15) is 9.59 Å². The molecule has 2 aliphatic rings. The first-order valence-electron chi connectivity index (χ1n) is 10.3. The summed E-state index contributed by atoms with van der Waals surface area (Å²) in [5, 5.41) is 9.03. The number of rotatable bonds is 2. The Balaban J connectivity index is 1.47. The summed E-state index contributed by atoms with van der Waals surface area (Å²) in [5.74, 6) is -0.0125. The number of hydrogen-bond donors (Lipinski definition) is 0. The number of benzene rings is 1. The van der Waals surface area contributed by atoms with Crippen molar-refractivity contribution in [1.82, 2.24) is 14.7 Å². The first-order valence-corrected chi connectivity index (χ1v) is 10.3. The summed E-state index contributed by atoms with van der Waals surface area (Å²) in [6, 6.07) is 9.40. The average molecular weight is 399 g/mol. The third kappa shape index (κ3) is 5.48. The van der Waals surface area contributed by atoms with Crippen molar-refractivity contribution >= 4 is 12.0 Å². The van der Waals surface area contributed by atoms with Crippen LogP contribution in [0, 0.1) is 11.3 Å². The van der Waals surface area contributed by atoms with Gasteiger partial charge in [-0.05, 0) is 51.8 Å². The van der Waals surface area contributed by atoms with E-state index < -0.39 is 5.60 Å². The van der Waals surface area contributed by atoms with Gasteiger partial charge in [0.15, 0.2) is 0 Å². The minimum Gasteiger partial charge on any atom is -0.444 e. The van der Waals surface area contributed by atoms with Gasteiger partial charge in [-0.3, -0.25) is 9.69 Å². The van der Waals surface area contributed by atoms with E-state index in [-0.39, 0.29) is 12.0 Å². The number of carbonyl (C=O) groups excluding carboxylic acids is 2. The normalized spacial score (nSPS) is 19.0. The van der Waals surface area contributed by atoms with Gasteiger partial charge >= 0.3 is 6.09 Å². The number of piperidine rings is 1. The molecule has 0 unspecified atom stereocenters. The molecule has 0 spiro atoms. The number of piperazine rings is 1. The maximum absolute atomic E-state index is 12.7. The van der Waals surface area contributed by atoms with E-state index in [4.69, 9.17) is 10.00 Å². The van der Waals surface area contributed by atoms with E-state index in [0.717, 1.165) is 25.9 Å². The molecule has 2 fully saturated rings. The minimum absolute atomic E-state index is 0.0125. The van der Waals surface area contributed by atoms with E-state index in [1.165, 1.54) is 0 Å². The van der Waals surface area contributed by atoms with Crippen molar-refractivity contribution in [3.8, 4) is 6.07 Å². The summed E-state index contributed by atoms with van der Waals surface area (Å²) < 4.78 is 5.47. The van der Waals surface area contributed by atoms with Crippen LogP contribution in [0.25, 0.3) is 0 Å². The summed E-state index contributed by atoms with van der Waals surface area (Å²) >= 11 is 0. The maximum Gasteiger partial charge on any atom is 0.410 e. The Labute approximate surface area is 172 Å². The third-order valence-electron chi connectivity index (χ3n) is 5.47. The third-order valence-corrected chi connectivity index (χ3v) is 5.47. The lowest BCUT2D eigenvalue weighted by Crippen LogP contribution is -2.55. The molecule has 0 saturated carbocycles. The molecule has 2 heterocycles. The number of hydrogen-bond acceptors (Lipinski definition) is 5. The number of carbonyl (C=O) groups is 2. The molecule has 2 amide bonds. The first kappa shape index (κ1) is 21.1. The lowest BCUT2D eigenvalue weighted by Gasteiger charge is -2.42. The van der Waals surface area contributed by atoms with Gasteiger partial charge in [0, 0.05) is 50.9 Å². The molecule has 3 rings (SSSR count). The molecular formula is C22H30N4O3. The quantitative estimate of drug-likeness (QED) is 0.766. The highest BCUT2D eigenvalue weighted by Gasteiger charge is 2.31. The van der Waals surface area contributed by atoms with Crippen LogP contribution in [0.1, 0.15) is 49.5 Å². The molecule has 0 radical (unpaired) electrons. The van der Waals surface area contributed by atoms with Crippen LogP contribution >= 0.6 is 0 Å². The maximum atomic E-state index is 12.7. The Hall–Kier alpha value is -2.59. The molecule has 2 aliphatic heterocycles. The number of nitriles is 1. The summed E-state index contributed by atoms with van der Waals surface area (Å²) in [6.45, 7) is 10.1. The number of ether oxygens (including phenoxy) is 1. The summed E-state index contributed by atoms with van der Waals surface area (Å²) in [5.41, 5.74) is 0.609. The Morgan fingerprint density at radius 2 is 1.69 bits per heavy atom. The molecule has 2 saturated heterocycles. The van der Waals surface area contributed by atoms with Crippen LogP contribution in [0.15, 0.2) is 24.3 Å². The van der Waals surface area contributed by atoms with Crippen molar-refractivity contribution in [2.75, 3.05) is 39.3 Å². The van der Waals surface area contributed by atoms with Crippen LogP contribution in [-0.4, -0.2) is 77.6 Å². The van der Waals surface area contributed by atoms with Gasteiger partial charge in [-0.1, -0.05) is 6.07 Å². The van der Waals surface area contributed by atoms with Crippen LogP contribution in [0.2, 0.25) is 0 Å². The average Bonchev–Trinajstić information content (AvgIpc) is 2.72. The molecule has 0 aromatic heterocycles. The van der Waals surface area contributed by atoms with E-state index in [1.54, 1.807) is 29.2 Å². The monoisotopic (exact) mass is 398 g/mol. The Kier molecular flexibility index (Phi) is 6.43. The van der Waals surface area contributed by atoms with E-state index in [2.05, 4.69) is 11.0 Å². The summed E-state index contributed by atoms with van der Waals surface area (Å²) in [6.07, 6.45) is 1.63. The topological polar surface area (TPSA) is 76.9 Å². The fraction of sp³-hybridized carbons (Fsp3) is 0.591. The minimum atomic E-state index is -0.469. The van der Waals surface area contributed by atoms with Gasteiger partial charge in [-0.2, -0.15) is 5.26 Å². The first-order chi connectivity index (χ1) is 13.8. The van der Waals surface area contributed by atoms with Gasteiger partial charge in [-0.25, -0.2) is 4.79 Å². The van der Waals surface area contributed by atoms with Crippen LogP contribution in [0.4, 0.5) is 4.79 Å². The van der Waals surface area contributed by atoms with Crippen molar-refractivity contribution in [2.45, 2.75) is 45.3 Å². The Morgan fingerprint density at radius 1 is 1.03 bits per heavy atom. The van der Waals surface area contributed by atoms with Crippen LogP contribution in [0.3, 0.4) is 0 Å². The molecule has 0 atom stereocenters. The van der Waals surface area contributed by atoms with Crippen LogP contribution in [-0.2, 0) is 4.74 Å². The highest BCUT2D eigenvalue weighted by atomic mass is 16.6. The van der Waals surface area contributed by atoms with Crippen molar-refractivity contribution in [3.05, 3.63) is 35.4 Å². The second-order valence-corrected chi connectivity index (χ2v) is 8.72. The molecule has 156 valence electrons. The summed E-state index contributed by atoms with van der Waals surface area (Å²) in [4.78, 5) is 31.0. The van der Waals surface area contributed by atoms with Gasteiger partial charge < -0.3 is 14.5 Å². The van der Waals surface area contributed by atoms with Crippen molar-refractivity contribution < 1.29 is 14.3 Å². The predicted molar refractivity (Wildman–Crippen MR) is 109 cm³/mol. The van der Waals surface area contributed by atoms with Gasteiger partial charge in [0.05, 0.1) is 11.6 Å². The molecule has 0 bridgehead atoms. The molecule has 1 aromatic rings. The van der Waals surface area contributed by atoms with Crippen molar-refractivity contribution in [2.24, 2.45) is 0 Å². The summed E-state index contributed by atoms with van der Waals surface area (Å²) in [7, 11) is 0. The zero-order valence-electron chi connectivity index (χ0n) is 17.6.